The lowest BCUT2D eigenvalue weighted by atomic mass is 10.0. The van der Waals surface area contributed by atoms with E-state index in [0.717, 1.165) is 16.5 Å². The Bertz CT molecular complexity index is 1230. The molecule has 0 aliphatic carbocycles. The average Bonchev–Trinajstić information content (AvgIpc) is 3.57. The second-order valence-electron chi connectivity index (χ2n) is 8.91. The Morgan fingerprint density at radius 2 is 1.66 bits per heavy atom. The Balaban J connectivity index is 1.83. The number of amides is 3. The van der Waals surface area contributed by atoms with Crippen LogP contribution in [0.1, 0.15) is 30.5 Å². The van der Waals surface area contributed by atoms with Gasteiger partial charge in [-0.3, -0.25) is 14.4 Å². The zero-order valence-corrected chi connectivity index (χ0v) is 20.9. The lowest BCUT2D eigenvalue weighted by Crippen LogP contribution is -2.57. The van der Waals surface area contributed by atoms with E-state index in [2.05, 4.69) is 30.9 Å². The van der Waals surface area contributed by atoms with Gasteiger partial charge in [0.05, 0.1) is 12.9 Å². The third-order valence-corrected chi connectivity index (χ3v) is 6.11. The predicted octanol–water partition coefficient (Wildman–Crippen LogP) is -0.697. The van der Waals surface area contributed by atoms with Crippen LogP contribution in [0.4, 0.5) is 0 Å². The van der Waals surface area contributed by atoms with E-state index >= 15 is 0 Å². The molecule has 0 radical (unpaired) electrons. The molecule has 0 aliphatic heterocycles. The summed E-state index contributed by atoms with van der Waals surface area (Å²) in [5.41, 5.74) is 13.1. The molecule has 13 nitrogen and oxygen atoms in total. The van der Waals surface area contributed by atoms with Gasteiger partial charge in [0.25, 0.3) is 0 Å². The Morgan fingerprint density at radius 3 is 2.34 bits per heavy atom. The van der Waals surface area contributed by atoms with Gasteiger partial charge < -0.3 is 42.5 Å². The molecule has 3 amide bonds. The van der Waals surface area contributed by atoms with Gasteiger partial charge in [0.2, 0.25) is 17.7 Å². The van der Waals surface area contributed by atoms with Crippen molar-refractivity contribution in [2.45, 2.75) is 50.2 Å². The number of hydrogen-bond acceptors (Lipinski definition) is 7. The van der Waals surface area contributed by atoms with E-state index in [4.69, 9.17) is 11.5 Å². The summed E-state index contributed by atoms with van der Waals surface area (Å²) in [6, 6.07) is 4.16. The quantitative estimate of drug-likeness (QED) is 0.118. The number of carbonyl (C=O) groups is 4. The Morgan fingerprint density at radius 1 is 0.921 bits per heavy atom. The van der Waals surface area contributed by atoms with Crippen LogP contribution in [0.3, 0.4) is 0 Å². The van der Waals surface area contributed by atoms with Crippen LogP contribution in [-0.2, 0) is 32.0 Å². The van der Waals surface area contributed by atoms with Crippen molar-refractivity contribution in [2.24, 2.45) is 11.5 Å². The second-order valence-corrected chi connectivity index (χ2v) is 8.91. The summed E-state index contributed by atoms with van der Waals surface area (Å²) in [6.45, 7) is 0.130. The van der Waals surface area contributed by atoms with Crippen molar-refractivity contribution in [3.05, 3.63) is 54.2 Å². The number of H-pyrrole nitrogens is 2. The summed E-state index contributed by atoms with van der Waals surface area (Å²) >= 11 is 0. The number of imidazole rings is 1. The highest BCUT2D eigenvalue weighted by Gasteiger charge is 2.30. The SMILES string of the molecule is NCCCCC(NC(=O)CN)C(=O)NC(Cc1c[nH]c2ccccc12)C(=O)NC(Cc1cnc[nH]1)C(=O)O. The van der Waals surface area contributed by atoms with E-state index in [1.807, 2.05) is 24.3 Å². The molecule has 0 saturated heterocycles. The topological polar surface area (TPSA) is 221 Å². The second kappa shape index (κ2) is 13.9. The number of para-hydroxylation sites is 1. The molecular formula is C25H34N8O5. The number of aliphatic carboxylic acids is 1. The maximum Gasteiger partial charge on any atom is 0.326 e. The largest absolute Gasteiger partial charge is 0.480 e. The third kappa shape index (κ3) is 7.88. The van der Waals surface area contributed by atoms with Crippen LogP contribution in [0.25, 0.3) is 10.9 Å². The number of aromatic amines is 2. The molecule has 0 saturated carbocycles. The van der Waals surface area contributed by atoms with Gasteiger partial charge in [0, 0.05) is 41.8 Å². The third-order valence-electron chi connectivity index (χ3n) is 6.11. The number of carbonyl (C=O) groups excluding carboxylic acids is 3. The summed E-state index contributed by atoms with van der Waals surface area (Å²) in [7, 11) is 0. The van der Waals surface area contributed by atoms with Crippen LogP contribution in [0.5, 0.6) is 0 Å². The van der Waals surface area contributed by atoms with Gasteiger partial charge in [-0.2, -0.15) is 0 Å². The highest BCUT2D eigenvalue weighted by molar-refractivity contribution is 5.94. The lowest BCUT2D eigenvalue weighted by molar-refractivity contribution is -0.142. The molecular weight excluding hydrogens is 492 g/mol. The van der Waals surface area contributed by atoms with Gasteiger partial charge >= 0.3 is 5.97 Å². The molecule has 0 aliphatic rings. The first-order valence-corrected chi connectivity index (χ1v) is 12.4. The maximum atomic E-state index is 13.4. The van der Waals surface area contributed by atoms with E-state index in [1.165, 1.54) is 12.5 Å². The minimum absolute atomic E-state index is 0.0247. The van der Waals surface area contributed by atoms with Crippen molar-refractivity contribution in [2.75, 3.05) is 13.1 Å². The first kappa shape index (κ1) is 28.3. The van der Waals surface area contributed by atoms with E-state index in [1.54, 1.807) is 6.20 Å². The van der Waals surface area contributed by atoms with Crippen molar-refractivity contribution in [3.8, 4) is 0 Å². The molecule has 10 N–H and O–H groups in total. The molecule has 3 unspecified atom stereocenters. The van der Waals surface area contributed by atoms with Crippen LogP contribution >= 0.6 is 0 Å². The molecule has 1 aromatic carbocycles. The van der Waals surface area contributed by atoms with Gasteiger partial charge in [-0.1, -0.05) is 18.2 Å². The van der Waals surface area contributed by atoms with Crippen LogP contribution < -0.4 is 27.4 Å². The number of benzene rings is 1. The predicted molar refractivity (Wildman–Crippen MR) is 140 cm³/mol. The van der Waals surface area contributed by atoms with Crippen molar-refractivity contribution < 1.29 is 24.3 Å². The number of unbranched alkanes of at least 4 members (excludes halogenated alkanes) is 1. The van der Waals surface area contributed by atoms with E-state index in [9.17, 15) is 24.3 Å². The van der Waals surface area contributed by atoms with Crippen LogP contribution in [0.2, 0.25) is 0 Å². The van der Waals surface area contributed by atoms with Gasteiger partial charge in [-0.25, -0.2) is 9.78 Å². The molecule has 3 rings (SSSR count). The Labute approximate surface area is 219 Å². The normalized spacial score (nSPS) is 13.4. The van der Waals surface area contributed by atoms with Crippen molar-refractivity contribution in [1.82, 2.24) is 30.9 Å². The minimum Gasteiger partial charge on any atom is -0.480 e. The molecule has 3 aromatic rings. The highest BCUT2D eigenvalue weighted by Crippen LogP contribution is 2.19. The molecule has 3 atom stereocenters. The molecule has 204 valence electrons. The molecule has 2 aromatic heterocycles. The minimum atomic E-state index is -1.26. The zero-order chi connectivity index (χ0) is 27.5. The summed E-state index contributed by atoms with van der Waals surface area (Å²) < 4.78 is 0. The smallest absolute Gasteiger partial charge is 0.326 e. The van der Waals surface area contributed by atoms with E-state index in [0.29, 0.717) is 31.5 Å². The molecule has 0 spiro atoms. The number of hydrogen-bond donors (Lipinski definition) is 8. The molecule has 2 heterocycles. The lowest BCUT2D eigenvalue weighted by Gasteiger charge is -2.24. The van der Waals surface area contributed by atoms with E-state index < -0.39 is 41.8 Å². The van der Waals surface area contributed by atoms with Crippen LogP contribution in [0.15, 0.2) is 43.0 Å². The fourth-order valence-electron chi connectivity index (χ4n) is 4.11. The highest BCUT2D eigenvalue weighted by atomic mass is 16.4. The molecule has 38 heavy (non-hydrogen) atoms. The summed E-state index contributed by atoms with van der Waals surface area (Å²) in [4.78, 5) is 60.3. The molecule has 0 bridgehead atoms. The van der Waals surface area contributed by atoms with Crippen molar-refractivity contribution in [1.29, 1.82) is 0 Å². The fourth-order valence-corrected chi connectivity index (χ4v) is 4.11. The Kier molecular flexibility index (Phi) is 10.4. The van der Waals surface area contributed by atoms with Crippen LogP contribution in [0, 0.1) is 0 Å². The average molecular weight is 527 g/mol. The fraction of sp³-hybridized carbons (Fsp3) is 0.400. The molecule has 0 fully saturated rings. The maximum absolute atomic E-state index is 13.4. The standard InChI is InChI=1S/C25H34N8O5/c26-8-4-3-7-19(31-22(34)11-27)23(35)32-20(9-15-12-29-18-6-2-1-5-17(15)18)24(36)33-21(25(37)38)10-16-13-28-14-30-16/h1-2,5-6,12-14,19-21,29H,3-4,7-11,26-27H2,(H,28,30)(H,31,34)(H,32,35)(H,33,36)(H,37,38). The number of nitrogens with two attached hydrogens (primary N) is 2. The number of nitrogens with one attached hydrogen (secondary N) is 5. The van der Waals surface area contributed by atoms with Crippen molar-refractivity contribution in [3.63, 3.8) is 0 Å². The number of nitrogens with zero attached hydrogens (tertiary/aromatic N) is 1. The molecule has 13 heteroatoms. The first-order valence-electron chi connectivity index (χ1n) is 12.4. The zero-order valence-electron chi connectivity index (χ0n) is 20.9. The number of rotatable bonds is 15. The first-order chi connectivity index (χ1) is 18.3. The van der Waals surface area contributed by atoms with Crippen LogP contribution in [-0.4, -0.2) is 75.0 Å². The van der Waals surface area contributed by atoms with Crippen molar-refractivity contribution >= 4 is 34.6 Å². The number of carboxylic acid groups (broad SMARTS) is 1. The summed E-state index contributed by atoms with van der Waals surface area (Å²) in [5.74, 6) is -3.01. The number of carboxylic acids is 1. The number of aromatic nitrogens is 3. The summed E-state index contributed by atoms with van der Waals surface area (Å²) in [5, 5.41) is 18.4. The summed E-state index contributed by atoms with van der Waals surface area (Å²) in [6.07, 6.45) is 6.20. The van der Waals surface area contributed by atoms with Gasteiger partial charge in [-0.15, -0.1) is 0 Å². The Hall–Kier alpha value is -4.23. The van der Waals surface area contributed by atoms with Gasteiger partial charge in [0.1, 0.15) is 18.1 Å². The van der Waals surface area contributed by atoms with Gasteiger partial charge in [0.15, 0.2) is 0 Å². The number of fused-ring (bicyclic) bond motifs is 1. The monoisotopic (exact) mass is 526 g/mol. The van der Waals surface area contributed by atoms with E-state index in [-0.39, 0.29) is 19.4 Å². The van der Waals surface area contributed by atoms with Gasteiger partial charge in [-0.05, 0) is 37.4 Å².